The van der Waals surface area contributed by atoms with Crippen LogP contribution in [0.5, 0.6) is 0 Å². The molecule has 1 aliphatic carbocycles. The molecule has 2 heteroatoms. The van der Waals surface area contributed by atoms with Crippen LogP contribution in [0.25, 0.3) is 0 Å². The Hall–Kier alpha value is 0.0500. The van der Waals surface area contributed by atoms with Crippen molar-refractivity contribution in [1.82, 2.24) is 4.90 Å². The molecule has 0 aromatic heterocycles. The van der Waals surface area contributed by atoms with E-state index in [-0.39, 0.29) is 0 Å². The van der Waals surface area contributed by atoms with Gasteiger partial charge in [0.25, 0.3) is 0 Å². The van der Waals surface area contributed by atoms with Gasteiger partial charge in [0.05, 0.1) is 0 Å². The van der Waals surface area contributed by atoms with E-state index in [4.69, 9.17) is 0 Å². The molecule has 1 fully saturated rings. The normalized spacial score (nSPS) is 28.9. The average molecular weight is 213 g/mol. The largest absolute Gasteiger partial charge is 0.300 e. The first-order valence-electron chi connectivity index (χ1n) is 5.70. The highest BCUT2D eigenvalue weighted by molar-refractivity contribution is 7.80. The fraction of sp³-hybridized carbons (Fsp3) is 0.833. The zero-order chi connectivity index (χ0) is 10.4. The lowest BCUT2D eigenvalue weighted by Gasteiger charge is -2.32. The molecule has 0 heterocycles. The van der Waals surface area contributed by atoms with Crippen molar-refractivity contribution >= 4 is 12.6 Å². The van der Waals surface area contributed by atoms with Crippen molar-refractivity contribution in [3.63, 3.8) is 0 Å². The summed E-state index contributed by atoms with van der Waals surface area (Å²) in [6.07, 6.45) is 9.94. The predicted octanol–water partition coefficient (Wildman–Crippen LogP) is 2.98. The molecular formula is C12H23NS. The highest BCUT2D eigenvalue weighted by Crippen LogP contribution is 2.26. The summed E-state index contributed by atoms with van der Waals surface area (Å²) in [6, 6.07) is 0.816. The molecule has 82 valence electrons. The van der Waals surface area contributed by atoms with Crippen molar-refractivity contribution in [1.29, 1.82) is 0 Å². The van der Waals surface area contributed by atoms with Crippen LogP contribution in [0.15, 0.2) is 12.2 Å². The van der Waals surface area contributed by atoms with Gasteiger partial charge in [0.15, 0.2) is 0 Å². The summed E-state index contributed by atoms with van der Waals surface area (Å²) in [7, 11) is 2.24. The van der Waals surface area contributed by atoms with Crippen LogP contribution in [-0.4, -0.2) is 30.3 Å². The molecule has 0 spiro atoms. The number of hydrogen-bond donors (Lipinski definition) is 1. The van der Waals surface area contributed by atoms with Crippen molar-refractivity contribution in [2.24, 2.45) is 5.92 Å². The summed E-state index contributed by atoms with van der Waals surface area (Å²) in [5, 5.41) is 0. The van der Waals surface area contributed by atoms with Crippen LogP contribution in [0.4, 0.5) is 0 Å². The standard InChI is InChI=1S/C12H23NS/c1-11-5-7-12(8-6-11)13(2)9-3-4-10-14/h3-4,11-12,14H,5-10H2,1-2H3. The van der Waals surface area contributed by atoms with Gasteiger partial charge in [-0.1, -0.05) is 19.1 Å². The van der Waals surface area contributed by atoms with E-state index in [0.29, 0.717) is 0 Å². The Morgan fingerprint density at radius 1 is 1.21 bits per heavy atom. The molecule has 0 bridgehead atoms. The molecule has 1 aliphatic rings. The fourth-order valence-electron chi connectivity index (χ4n) is 2.15. The smallest absolute Gasteiger partial charge is 0.0163 e. The maximum absolute atomic E-state index is 4.16. The topological polar surface area (TPSA) is 3.24 Å². The maximum Gasteiger partial charge on any atom is 0.0163 e. The van der Waals surface area contributed by atoms with Gasteiger partial charge in [-0.05, 0) is 38.6 Å². The first-order valence-corrected chi connectivity index (χ1v) is 6.33. The molecule has 0 saturated heterocycles. The van der Waals surface area contributed by atoms with Crippen molar-refractivity contribution in [3.8, 4) is 0 Å². The zero-order valence-corrected chi connectivity index (χ0v) is 10.3. The van der Waals surface area contributed by atoms with Crippen LogP contribution in [0.3, 0.4) is 0 Å². The molecule has 0 N–H and O–H groups in total. The Labute approximate surface area is 94.0 Å². The van der Waals surface area contributed by atoms with Crippen LogP contribution in [-0.2, 0) is 0 Å². The molecule has 1 saturated carbocycles. The minimum absolute atomic E-state index is 0.816. The summed E-state index contributed by atoms with van der Waals surface area (Å²) in [6.45, 7) is 3.45. The van der Waals surface area contributed by atoms with Crippen LogP contribution in [0.1, 0.15) is 32.6 Å². The molecule has 0 aromatic rings. The highest BCUT2D eigenvalue weighted by Gasteiger charge is 2.20. The van der Waals surface area contributed by atoms with E-state index in [1.807, 2.05) is 0 Å². The number of rotatable bonds is 4. The van der Waals surface area contributed by atoms with E-state index >= 15 is 0 Å². The van der Waals surface area contributed by atoms with Crippen LogP contribution >= 0.6 is 12.6 Å². The van der Waals surface area contributed by atoms with Crippen molar-refractivity contribution in [2.75, 3.05) is 19.3 Å². The minimum Gasteiger partial charge on any atom is -0.300 e. The molecule has 0 amide bonds. The Kier molecular flexibility index (Phi) is 5.64. The third-order valence-electron chi connectivity index (χ3n) is 3.27. The number of nitrogens with zero attached hydrogens (tertiary/aromatic N) is 1. The molecule has 1 nitrogen and oxygen atoms in total. The third kappa shape index (κ3) is 4.05. The van der Waals surface area contributed by atoms with E-state index in [1.165, 1.54) is 25.7 Å². The highest BCUT2D eigenvalue weighted by atomic mass is 32.1. The summed E-state index contributed by atoms with van der Waals surface area (Å²) in [5.74, 6) is 1.81. The van der Waals surface area contributed by atoms with Gasteiger partial charge in [-0.2, -0.15) is 12.6 Å². The Bertz CT molecular complexity index is 171. The zero-order valence-electron chi connectivity index (χ0n) is 9.45. The number of thiol groups is 1. The molecular weight excluding hydrogens is 190 g/mol. The second kappa shape index (κ2) is 6.52. The SMILES string of the molecule is CC1CCC(N(C)CC=CCS)CC1. The predicted molar refractivity (Wildman–Crippen MR) is 67.0 cm³/mol. The Morgan fingerprint density at radius 2 is 1.86 bits per heavy atom. The second-order valence-electron chi connectivity index (χ2n) is 4.51. The van der Waals surface area contributed by atoms with Crippen molar-refractivity contribution in [3.05, 3.63) is 12.2 Å². The maximum atomic E-state index is 4.16. The fourth-order valence-corrected chi connectivity index (χ4v) is 2.30. The van der Waals surface area contributed by atoms with Gasteiger partial charge in [-0.3, -0.25) is 4.90 Å². The molecule has 0 atom stereocenters. The minimum atomic E-state index is 0.816. The van der Waals surface area contributed by atoms with Crippen molar-refractivity contribution < 1.29 is 0 Å². The molecule has 0 aliphatic heterocycles. The first kappa shape index (κ1) is 12.1. The van der Waals surface area contributed by atoms with Gasteiger partial charge in [-0.25, -0.2) is 0 Å². The van der Waals surface area contributed by atoms with E-state index in [2.05, 4.69) is 43.7 Å². The van der Waals surface area contributed by atoms with Gasteiger partial charge in [0.2, 0.25) is 0 Å². The number of likely N-dealkylation sites (N-methyl/N-ethyl adjacent to an activating group) is 1. The van der Waals surface area contributed by atoms with E-state index in [9.17, 15) is 0 Å². The lowest BCUT2D eigenvalue weighted by molar-refractivity contribution is 0.184. The third-order valence-corrected chi connectivity index (χ3v) is 3.49. The van der Waals surface area contributed by atoms with Crippen LogP contribution in [0.2, 0.25) is 0 Å². The Balaban J connectivity index is 2.23. The van der Waals surface area contributed by atoms with Gasteiger partial charge in [-0.15, -0.1) is 0 Å². The summed E-state index contributed by atoms with van der Waals surface area (Å²) in [5.41, 5.74) is 0. The van der Waals surface area contributed by atoms with Crippen LogP contribution < -0.4 is 0 Å². The second-order valence-corrected chi connectivity index (χ2v) is 4.87. The lowest BCUT2D eigenvalue weighted by atomic mass is 9.87. The van der Waals surface area contributed by atoms with Crippen LogP contribution in [0, 0.1) is 5.92 Å². The molecule has 1 rings (SSSR count). The molecule has 0 aromatic carbocycles. The summed E-state index contributed by atoms with van der Waals surface area (Å²) < 4.78 is 0. The quantitative estimate of drug-likeness (QED) is 0.555. The summed E-state index contributed by atoms with van der Waals surface area (Å²) >= 11 is 4.16. The number of hydrogen-bond acceptors (Lipinski definition) is 2. The monoisotopic (exact) mass is 213 g/mol. The molecule has 0 radical (unpaired) electrons. The van der Waals surface area contributed by atoms with Gasteiger partial charge in [0, 0.05) is 18.3 Å². The molecule has 14 heavy (non-hydrogen) atoms. The summed E-state index contributed by atoms with van der Waals surface area (Å²) in [4.78, 5) is 2.48. The average Bonchev–Trinajstić information content (AvgIpc) is 2.19. The Morgan fingerprint density at radius 3 is 2.43 bits per heavy atom. The first-order chi connectivity index (χ1) is 6.74. The molecule has 0 unspecified atom stereocenters. The van der Waals surface area contributed by atoms with E-state index in [0.717, 1.165) is 24.3 Å². The van der Waals surface area contributed by atoms with Gasteiger partial charge >= 0.3 is 0 Å². The van der Waals surface area contributed by atoms with Crippen molar-refractivity contribution in [2.45, 2.75) is 38.6 Å². The van der Waals surface area contributed by atoms with E-state index in [1.54, 1.807) is 0 Å². The lowest BCUT2D eigenvalue weighted by Crippen LogP contribution is -2.34. The van der Waals surface area contributed by atoms with Gasteiger partial charge in [0.1, 0.15) is 0 Å². The van der Waals surface area contributed by atoms with Gasteiger partial charge < -0.3 is 0 Å². The van der Waals surface area contributed by atoms with E-state index < -0.39 is 0 Å².